The van der Waals surface area contributed by atoms with Gasteiger partial charge in [-0.25, -0.2) is 0 Å². The molecule has 1 atom stereocenters. The summed E-state index contributed by atoms with van der Waals surface area (Å²) < 4.78 is 5.35. The summed E-state index contributed by atoms with van der Waals surface area (Å²) in [6.07, 6.45) is 1.13. The van der Waals surface area contributed by atoms with E-state index in [4.69, 9.17) is 4.74 Å². The van der Waals surface area contributed by atoms with Gasteiger partial charge in [-0.3, -0.25) is 4.90 Å². The van der Waals surface area contributed by atoms with E-state index in [1.807, 2.05) is 0 Å². The zero-order valence-electron chi connectivity index (χ0n) is 20.4. The zero-order valence-corrected chi connectivity index (χ0v) is 20.4. The van der Waals surface area contributed by atoms with Gasteiger partial charge in [-0.15, -0.1) is 0 Å². The van der Waals surface area contributed by atoms with E-state index in [0.717, 1.165) is 25.3 Å². The molecule has 0 N–H and O–H groups in total. The van der Waals surface area contributed by atoms with E-state index < -0.39 is 0 Å². The third-order valence-corrected chi connectivity index (χ3v) is 6.63. The second-order valence-corrected chi connectivity index (χ2v) is 9.50. The van der Waals surface area contributed by atoms with Gasteiger partial charge in [0, 0.05) is 51.2 Å². The number of nitrogens with zero attached hydrogens (tertiary/aromatic N) is 3. The summed E-state index contributed by atoms with van der Waals surface area (Å²) in [6.45, 7) is 13.8. The predicted octanol–water partition coefficient (Wildman–Crippen LogP) is 4.27. The molecule has 0 radical (unpaired) electrons. The highest BCUT2D eigenvalue weighted by Crippen LogP contribution is 2.30. The van der Waals surface area contributed by atoms with Gasteiger partial charge in [-0.1, -0.05) is 30.3 Å². The van der Waals surface area contributed by atoms with Crippen LogP contribution in [-0.2, 0) is 6.42 Å². The Labute approximate surface area is 189 Å². The van der Waals surface area contributed by atoms with Crippen molar-refractivity contribution < 1.29 is 4.74 Å². The number of rotatable bonds is 9. The lowest BCUT2D eigenvalue weighted by Crippen LogP contribution is -2.49. The van der Waals surface area contributed by atoms with Crippen LogP contribution in [0.2, 0.25) is 0 Å². The van der Waals surface area contributed by atoms with Crippen molar-refractivity contribution in [1.82, 2.24) is 14.7 Å². The largest absolute Gasteiger partial charge is 0.497 e. The number of ether oxygens (including phenoxy) is 1. The topological polar surface area (TPSA) is 19.0 Å². The third kappa shape index (κ3) is 6.55. The molecule has 0 saturated carbocycles. The second-order valence-electron chi connectivity index (χ2n) is 9.50. The molecule has 170 valence electrons. The molecular weight excluding hydrogens is 382 g/mol. The van der Waals surface area contributed by atoms with Crippen molar-refractivity contribution in [2.45, 2.75) is 39.2 Å². The van der Waals surface area contributed by atoms with Crippen LogP contribution in [0.25, 0.3) is 0 Å². The van der Waals surface area contributed by atoms with E-state index >= 15 is 0 Å². The molecule has 4 heteroatoms. The lowest BCUT2D eigenvalue weighted by Gasteiger charge is -2.37. The molecular formula is C27H41N3O. The van der Waals surface area contributed by atoms with Crippen LogP contribution in [0.4, 0.5) is 0 Å². The highest BCUT2D eigenvalue weighted by molar-refractivity contribution is 5.41. The van der Waals surface area contributed by atoms with Crippen molar-refractivity contribution >= 4 is 0 Å². The monoisotopic (exact) mass is 423 g/mol. The standard InChI is InChI=1S/C27H41N3O/c1-21(2)30-17-15-29(16-18-30)14-13-23-7-12-26(22(3)19-23)27(20-28(4)5)24-8-10-25(31-6)11-9-24/h7-12,19,21,27H,13-18,20H2,1-6H3. The van der Waals surface area contributed by atoms with Gasteiger partial charge in [0.05, 0.1) is 7.11 Å². The minimum Gasteiger partial charge on any atom is -0.497 e. The Morgan fingerprint density at radius 2 is 1.65 bits per heavy atom. The maximum absolute atomic E-state index is 5.35. The molecule has 1 fully saturated rings. The highest BCUT2D eigenvalue weighted by Gasteiger charge is 2.20. The number of benzene rings is 2. The molecule has 1 heterocycles. The molecule has 2 aromatic carbocycles. The summed E-state index contributed by atoms with van der Waals surface area (Å²) in [6, 6.07) is 16.3. The molecule has 2 aromatic rings. The van der Waals surface area contributed by atoms with Crippen molar-refractivity contribution in [3.05, 3.63) is 64.7 Å². The molecule has 3 rings (SSSR count). The van der Waals surface area contributed by atoms with Crippen LogP contribution in [0.3, 0.4) is 0 Å². The van der Waals surface area contributed by atoms with Crippen molar-refractivity contribution in [2.75, 3.05) is 60.5 Å². The molecule has 31 heavy (non-hydrogen) atoms. The van der Waals surface area contributed by atoms with Crippen LogP contribution in [0.15, 0.2) is 42.5 Å². The molecule has 1 aliphatic heterocycles. The Morgan fingerprint density at radius 1 is 0.968 bits per heavy atom. The van der Waals surface area contributed by atoms with Gasteiger partial charge < -0.3 is 14.5 Å². The molecule has 0 bridgehead atoms. The smallest absolute Gasteiger partial charge is 0.118 e. The Bertz CT molecular complexity index is 808. The molecule has 0 spiro atoms. The van der Waals surface area contributed by atoms with Crippen LogP contribution in [-0.4, -0.2) is 81.2 Å². The molecule has 1 aliphatic rings. The normalized spacial score (nSPS) is 16.8. The van der Waals surface area contributed by atoms with E-state index in [2.05, 4.69) is 92.0 Å². The van der Waals surface area contributed by atoms with Crippen molar-refractivity contribution in [1.29, 1.82) is 0 Å². The first-order chi connectivity index (χ1) is 14.9. The fraction of sp³-hybridized carbons (Fsp3) is 0.556. The SMILES string of the molecule is COc1ccc(C(CN(C)C)c2ccc(CCN3CCN(C(C)C)CC3)cc2C)cc1. The van der Waals surface area contributed by atoms with Crippen molar-refractivity contribution in [3.8, 4) is 5.75 Å². The minimum atomic E-state index is 0.360. The van der Waals surface area contributed by atoms with Crippen LogP contribution in [0.5, 0.6) is 5.75 Å². The minimum absolute atomic E-state index is 0.360. The first-order valence-corrected chi connectivity index (χ1v) is 11.7. The summed E-state index contributed by atoms with van der Waals surface area (Å²) >= 11 is 0. The maximum atomic E-state index is 5.35. The summed E-state index contributed by atoms with van der Waals surface area (Å²) in [5.74, 6) is 1.27. The fourth-order valence-electron chi connectivity index (χ4n) is 4.66. The number of likely N-dealkylation sites (N-methyl/N-ethyl adjacent to an activating group) is 1. The molecule has 0 aromatic heterocycles. The molecule has 0 amide bonds. The van der Waals surface area contributed by atoms with Crippen LogP contribution >= 0.6 is 0 Å². The Morgan fingerprint density at radius 3 is 2.19 bits per heavy atom. The Balaban J connectivity index is 1.67. The summed E-state index contributed by atoms with van der Waals surface area (Å²) in [7, 11) is 6.03. The van der Waals surface area contributed by atoms with Gasteiger partial charge in [0.1, 0.15) is 5.75 Å². The van der Waals surface area contributed by atoms with E-state index in [1.54, 1.807) is 7.11 Å². The zero-order chi connectivity index (χ0) is 22.4. The van der Waals surface area contributed by atoms with Gasteiger partial charge in [-0.2, -0.15) is 0 Å². The molecule has 1 saturated heterocycles. The summed E-state index contributed by atoms with van der Waals surface area (Å²) in [5.41, 5.74) is 5.61. The van der Waals surface area contributed by atoms with Crippen LogP contribution < -0.4 is 4.74 Å². The van der Waals surface area contributed by atoms with Gasteiger partial charge in [0.2, 0.25) is 0 Å². The van der Waals surface area contributed by atoms with E-state index in [9.17, 15) is 0 Å². The third-order valence-electron chi connectivity index (χ3n) is 6.63. The summed E-state index contributed by atoms with van der Waals surface area (Å²) in [5, 5.41) is 0. The van der Waals surface area contributed by atoms with Gasteiger partial charge in [0.15, 0.2) is 0 Å². The number of piperazine rings is 1. The first-order valence-electron chi connectivity index (χ1n) is 11.7. The number of methoxy groups -OCH3 is 1. The van der Waals surface area contributed by atoms with Crippen molar-refractivity contribution in [3.63, 3.8) is 0 Å². The first kappa shape index (κ1) is 23.8. The predicted molar refractivity (Wildman–Crippen MR) is 131 cm³/mol. The number of aryl methyl sites for hydroxylation is 1. The number of hydrogen-bond donors (Lipinski definition) is 0. The fourth-order valence-corrected chi connectivity index (χ4v) is 4.66. The van der Waals surface area contributed by atoms with Crippen LogP contribution in [0, 0.1) is 6.92 Å². The van der Waals surface area contributed by atoms with Gasteiger partial charge in [-0.05, 0) is 75.7 Å². The van der Waals surface area contributed by atoms with E-state index in [0.29, 0.717) is 12.0 Å². The average molecular weight is 424 g/mol. The van der Waals surface area contributed by atoms with Gasteiger partial charge in [0.25, 0.3) is 0 Å². The Kier molecular flexibility index (Phi) is 8.53. The van der Waals surface area contributed by atoms with Crippen molar-refractivity contribution in [2.24, 2.45) is 0 Å². The second kappa shape index (κ2) is 11.1. The lowest BCUT2D eigenvalue weighted by atomic mass is 9.87. The molecule has 1 unspecified atom stereocenters. The quantitative estimate of drug-likeness (QED) is 0.600. The average Bonchev–Trinajstić information content (AvgIpc) is 2.76. The summed E-state index contributed by atoms with van der Waals surface area (Å²) in [4.78, 5) is 7.48. The Hall–Kier alpha value is -1.88. The van der Waals surface area contributed by atoms with E-state index in [1.165, 1.54) is 48.4 Å². The highest BCUT2D eigenvalue weighted by atomic mass is 16.5. The lowest BCUT2D eigenvalue weighted by molar-refractivity contribution is 0.109. The number of hydrogen-bond acceptors (Lipinski definition) is 4. The van der Waals surface area contributed by atoms with E-state index in [-0.39, 0.29) is 0 Å². The molecule has 0 aliphatic carbocycles. The molecule has 4 nitrogen and oxygen atoms in total. The maximum Gasteiger partial charge on any atom is 0.118 e. The van der Waals surface area contributed by atoms with Crippen LogP contribution in [0.1, 0.15) is 42.0 Å². The van der Waals surface area contributed by atoms with Gasteiger partial charge >= 0.3 is 0 Å².